The lowest BCUT2D eigenvalue weighted by molar-refractivity contribution is 0.168. The van der Waals surface area contributed by atoms with Gasteiger partial charge in [-0.05, 0) is 17.5 Å². The first kappa shape index (κ1) is 10.6. The van der Waals surface area contributed by atoms with Crippen molar-refractivity contribution >= 4 is 21.4 Å². The highest BCUT2D eigenvalue weighted by Crippen LogP contribution is 2.29. The lowest BCUT2D eigenvalue weighted by atomic mass is 10.2. The zero-order valence-corrected chi connectivity index (χ0v) is 9.38. The molecule has 0 radical (unpaired) electrons. The minimum Gasteiger partial charge on any atom is -0.383 e. The van der Waals surface area contributed by atoms with E-state index in [2.05, 4.69) is 23.6 Å². The van der Waals surface area contributed by atoms with Crippen LogP contribution in [0.25, 0.3) is 10.1 Å². The third kappa shape index (κ3) is 2.18. The molecular weight excluding hydrogens is 208 g/mol. The summed E-state index contributed by atoms with van der Waals surface area (Å²) in [5, 5.41) is 1.26. The number of hydrogen-bond donors (Lipinski definition) is 2. The zero-order valence-electron chi connectivity index (χ0n) is 8.57. The van der Waals surface area contributed by atoms with Crippen LogP contribution in [0.3, 0.4) is 0 Å². The van der Waals surface area contributed by atoms with Crippen molar-refractivity contribution in [2.45, 2.75) is 6.04 Å². The van der Waals surface area contributed by atoms with Crippen LogP contribution in [0.15, 0.2) is 30.3 Å². The van der Waals surface area contributed by atoms with Crippen LogP contribution in [0.1, 0.15) is 10.9 Å². The molecule has 1 heterocycles. The maximum absolute atomic E-state index is 5.49. The molecule has 0 fully saturated rings. The number of methoxy groups -OCH3 is 1. The van der Waals surface area contributed by atoms with Crippen LogP contribution < -0.4 is 11.3 Å². The summed E-state index contributed by atoms with van der Waals surface area (Å²) in [5.74, 6) is 5.49. The number of ether oxygens (including phenoxy) is 1. The fourth-order valence-corrected chi connectivity index (χ4v) is 2.66. The van der Waals surface area contributed by atoms with E-state index in [1.807, 2.05) is 12.1 Å². The first-order chi connectivity index (χ1) is 7.35. The van der Waals surface area contributed by atoms with Crippen LogP contribution >= 0.6 is 11.3 Å². The highest BCUT2D eigenvalue weighted by Gasteiger charge is 2.12. The molecule has 2 rings (SSSR count). The molecule has 1 atom stereocenters. The van der Waals surface area contributed by atoms with Crippen molar-refractivity contribution in [2.75, 3.05) is 13.7 Å². The van der Waals surface area contributed by atoms with Gasteiger partial charge in [0.15, 0.2) is 0 Å². The largest absolute Gasteiger partial charge is 0.383 e. The second-order valence-electron chi connectivity index (χ2n) is 3.36. The van der Waals surface area contributed by atoms with Gasteiger partial charge >= 0.3 is 0 Å². The third-order valence-corrected chi connectivity index (χ3v) is 3.55. The summed E-state index contributed by atoms with van der Waals surface area (Å²) in [5.41, 5.74) is 2.77. The predicted octanol–water partition coefficient (Wildman–Crippen LogP) is 2.05. The van der Waals surface area contributed by atoms with E-state index in [4.69, 9.17) is 10.6 Å². The second kappa shape index (κ2) is 4.72. The monoisotopic (exact) mass is 222 g/mol. The maximum Gasteiger partial charge on any atom is 0.0786 e. The normalized spacial score (nSPS) is 13.2. The van der Waals surface area contributed by atoms with Crippen molar-refractivity contribution in [3.8, 4) is 0 Å². The molecule has 0 aliphatic carbocycles. The van der Waals surface area contributed by atoms with Gasteiger partial charge in [0.2, 0.25) is 0 Å². The average Bonchev–Trinajstić information content (AvgIpc) is 2.69. The topological polar surface area (TPSA) is 47.3 Å². The Kier molecular flexibility index (Phi) is 3.33. The van der Waals surface area contributed by atoms with E-state index in [0.29, 0.717) is 6.61 Å². The number of hydrazine groups is 1. The molecule has 4 heteroatoms. The molecule has 0 spiro atoms. The van der Waals surface area contributed by atoms with Crippen LogP contribution in [0.2, 0.25) is 0 Å². The van der Waals surface area contributed by atoms with Gasteiger partial charge in [-0.15, -0.1) is 11.3 Å². The van der Waals surface area contributed by atoms with Crippen molar-refractivity contribution < 1.29 is 4.74 Å². The number of hydrogen-bond acceptors (Lipinski definition) is 4. The van der Waals surface area contributed by atoms with Gasteiger partial charge in [0, 0.05) is 16.7 Å². The lowest BCUT2D eigenvalue weighted by Gasteiger charge is -2.11. The summed E-state index contributed by atoms with van der Waals surface area (Å²) in [6, 6.07) is 10.5. The smallest absolute Gasteiger partial charge is 0.0786 e. The van der Waals surface area contributed by atoms with Crippen LogP contribution in [0, 0.1) is 0 Å². The molecule has 2 aromatic rings. The van der Waals surface area contributed by atoms with Crippen LogP contribution in [-0.2, 0) is 4.74 Å². The average molecular weight is 222 g/mol. The summed E-state index contributed by atoms with van der Waals surface area (Å²) >= 11 is 1.75. The minimum absolute atomic E-state index is 0.0763. The Morgan fingerprint density at radius 3 is 2.93 bits per heavy atom. The lowest BCUT2D eigenvalue weighted by Crippen LogP contribution is -2.30. The van der Waals surface area contributed by atoms with Gasteiger partial charge in [-0.1, -0.05) is 18.2 Å². The molecule has 0 aliphatic rings. The molecule has 0 amide bonds. The third-order valence-electron chi connectivity index (χ3n) is 2.32. The van der Waals surface area contributed by atoms with Gasteiger partial charge in [-0.3, -0.25) is 5.84 Å². The highest BCUT2D eigenvalue weighted by molar-refractivity contribution is 7.19. The van der Waals surface area contributed by atoms with E-state index in [1.165, 1.54) is 15.0 Å². The Bertz CT molecular complexity index is 408. The maximum atomic E-state index is 5.49. The summed E-state index contributed by atoms with van der Waals surface area (Å²) in [7, 11) is 1.68. The first-order valence-corrected chi connectivity index (χ1v) is 5.60. The molecule has 1 unspecified atom stereocenters. The molecule has 0 aliphatic heterocycles. The highest BCUT2D eigenvalue weighted by atomic mass is 32.1. The number of benzene rings is 1. The molecule has 1 aromatic carbocycles. The van der Waals surface area contributed by atoms with Gasteiger partial charge in [0.1, 0.15) is 0 Å². The molecule has 3 nitrogen and oxygen atoms in total. The van der Waals surface area contributed by atoms with Crippen molar-refractivity contribution in [1.82, 2.24) is 5.43 Å². The fraction of sp³-hybridized carbons (Fsp3) is 0.273. The standard InChI is InChI=1S/C11H14N2OS/c1-14-7-9(13-12)11-6-8-4-2-3-5-10(8)15-11/h2-6,9,13H,7,12H2,1H3. The van der Waals surface area contributed by atoms with Gasteiger partial charge in [-0.25, -0.2) is 5.43 Å². The summed E-state index contributed by atoms with van der Waals surface area (Å²) in [6.07, 6.45) is 0. The van der Waals surface area contributed by atoms with Crippen LogP contribution in [0.4, 0.5) is 0 Å². The predicted molar refractivity (Wildman–Crippen MR) is 63.8 cm³/mol. The Labute approximate surface area is 92.8 Å². The van der Waals surface area contributed by atoms with E-state index in [0.717, 1.165) is 0 Å². The Morgan fingerprint density at radius 1 is 1.47 bits per heavy atom. The molecule has 15 heavy (non-hydrogen) atoms. The number of nitrogens with two attached hydrogens (primary N) is 1. The molecule has 80 valence electrons. The molecular formula is C11H14N2OS. The quantitative estimate of drug-likeness (QED) is 0.615. The Balaban J connectivity index is 2.34. The zero-order chi connectivity index (χ0) is 10.7. The number of nitrogens with one attached hydrogen (secondary N) is 1. The van der Waals surface area contributed by atoms with E-state index >= 15 is 0 Å². The fourth-order valence-electron chi connectivity index (χ4n) is 1.55. The van der Waals surface area contributed by atoms with Crippen molar-refractivity contribution in [3.63, 3.8) is 0 Å². The van der Waals surface area contributed by atoms with Crippen molar-refractivity contribution in [1.29, 1.82) is 0 Å². The van der Waals surface area contributed by atoms with Crippen LogP contribution in [0.5, 0.6) is 0 Å². The van der Waals surface area contributed by atoms with Gasteiger partial charge in [0.05, 0.1) is 12.6 Å². The number of rotatable bonds is 4. The van der Waals surface area contributed by atoms with E-state index in [-0.39, 0.29) is 6.04 Å². The minimum atomic E-state index is 0.0763. The molecule has 0 saturated heterocycles. The van der Waals surface area contributed by atoms with E-state index in [1.54, 1.807) is 18.4 Å². The summed E-state index contributed by atoms with van der Waals surface area (Å²) in [6.45, 7) is 0.587. The molecule has 0 saturated carbocycles. The summed E-state index contributed by atoms with van der Waals surface area (Å²) in [4.78, 5) is 1.21. The number of thiophene rings is 1. The Hall–Kier alpha value is -0.940. The van der Waals surface area contributed by atoms with E-state index < -0.39 is 0 Å². The first-order valence-electron chi connectivity index (χ1n) is 4.78. The second-order valence-corrected chi connectivity index (χ2v) is 4.48. The van der Waals surface area contributed by atoms with Gasteiger partial charge in [0.25, 0.3) is 0 Å². The SMILES string of the molecule is COCC(NN)c1cc2ccccc2s1. The molecule has 1 aromatic heterocycles. The van der Waals surface area contributed by atoms with Crippen LogP contribution in [-0.4, -0.2) is 13.7 Å². The summed E-state index contributed by atoms with van der Waals surface area (Å²) < 4.78 is 6.39. The molecule has 0 bridgehead atoms. The Morgan fingerprint density at radius 2 is 2.27 bits per heavy atom. The molecule has 3 N–H and O–H groups in total. The van der Waals surface area contributed by atoms with Crippen molar-refractivity contribution in [3.05, 3.63) is 35.2 Å². The van der Waals surface area contributed by atoms with Crippen molar-refractivity contribution in [2.24, 2.45) is 5.84 Å². The van der Waals surface area contributed by atoms with E-state index in [9.17, 15) is 0 Å². The number of fused-ring (bicyclic) bond motifs is 1. The van der Waals surface area contributed by atoms with Gasteiger partial charge < -0.3 is 4.74 Å². The van der Waals surface area contributed by atoms with Gasteiger partial charge in [-0.2, -0.15) is 0 Å².